The lowest BCUT2D eigenvalue weighted by Crippen LogP contribution is -2.26. The van der Waals surface area contributed by atoms with Crippen molar-refractivity contribution in [1.29, 1.82) is 5.26 Å². The van der Waals surface area contributed by atoms with E-state index in [9.17, 15) is 4.79 Å². The van der Waals surface area contributed by atoms with Crippen LogP contribution in [0, 0.1) is 11.3 Å². The van der Waals surface area contributed by atoms with Crippen LogP contribution in [0.25, 0.3) is 5.70 Å². The Morgan fingerprint density at radius 3 is 3.11 bits per heavy atom. The molecular formula is C12H11N3O3. The maximum absolute atomic E-state index is 11.2. The maximum atomic E-state index is 11.2. The van der Waals surface area contributed by atoms with E-state index in [1.807, 2.05) is 12.1 Å². The van der Waals surface area contributed by atoms with Crippen LogP contribution in [0.4, 0.5) is 0 Å². The fourth-order valence-corrected chi connectivity index (χ4v) is 1.53. The number of carbonyl (C=O) groups excluding carboxylic acids is 1. The average molecular weight is 245 g/mol. The van der Waals surface area contributed by atoms with Gasteiger partial charge in [-0.1, -0.05) is 0 Å². The van der Waals surface area contributed by atoms with E-state index in [0.717, 1.165) is 0 Å². The Bertz CT molecular complexity index is 516. The first-order valence-electron chi connectivity index (χ1n) is 5.28. The Labute approximate surface area is 104 Å². The molecule has 6 nitrogen and oxygen atoms in total. The van der Waals surface area contributed by atoms with Gasteiger partial charge in [0.25, 0.3) is 0 Å². The van der Waals surface area contributed by atoms with Crippen molar-refractivity contribution in [2.75, 3.05) is 20.3 Å². The molecule has 1 aliphatic rings. The highest BCUT2D eigenvalue weighted by Crippen LogP contribution is 2.22. The molecule has 18 heavy (non-hydrogen) atoms. The van der Waals surface area contributed by atoms with Crippen molar-refractivity contribution in [2.45, 2.75) is 0 Å². The monoisotopic (exact) mass is 245 g/mol. The number of nitriles is 1. The summed E-state index contributed by atoms with van der Waals surface area (Å²) in [6, 6.07) is 5.37. The number of carbonyl (C=O) groups is 1. The molecule has 0 radical (unpaired) electrons. The van der Waals surface area contributed by atoms with Gasteiger partial charge in [0.2, 0.25) is 0 Å². The van der Waals surface area contributed by atoms with Gasteiger partial charge < -0.3 is 4.74 Å². The molecular weight excluding hydrogens is 234 g/mol. The average Bonchev–Trinajstić information content (AvgIpc) is 2.86. The molecule has 1 aromatic rings. The molecule has 0 unspecified atom stereocenters. The molecule has 0 amide bonds. The zero-order valence-corrected chi connectivity index (χ0v) is 9.79. The number of methoxy groups -OCH3 is 1. The van der Waals surface area contributed by atoms with Gasteiger partial charge in [-0.05, 0) is 18.2 Å². The third kappa shape index (κ3) is 2.47. The molecule has 0 aromatic carbocycles. The number of ether oxygens (including phenoxy) is 1. The van der Waals surface area contributed by atoms with Crippen LogP contribution in [-0.4, -0.2) is 36.3 Å². The van der Waals surface area contributed by atoms with Crippen molar-refractivity contribution in [3.8, 4) is 6.07 Å². The number of hydrogen-bond acceptors (Lipinski definition) is 6. The predicted molar refractivity (Wildman–Crippen MR) is 61.6 cm³/mol. The molecule has 0 N–H and O–H groups in total. The van der Waals surface area contributed by atoms with E-state index < -0.39 is 5.97 Å². The minimum Gasteiger partial charge on any atom is -0.468 e. The van der Waals surface area contributed by atoms with Crippen molar-refractivity contribution in [3.05, 3.63) is 35.7 Å². The molecule has 1 aromatic heterocycles. The Morgan fingerprint density at radius 1 is 1.67 bits per heavy atom. The zero-order valence-electron chi connectivity index (χ0n) is 9.79. The molecule has 1 aliphatic heterocycles. The fraction of sp³-hybridized carbons (Fsp3) is 0.250. The molecule has 2 heterocycles. The highest BCUT2D eigenvalue weighted by Gasteiger charge is 2.21. The molecule has 0 atom stereocenters. The summed E-state index contributed by atoms with van der Waals surface area (Å²) in [5, 5.41) is 10.1. The molecule has 92 valence electrons. The van der Waals surface area contributed by atoms with Gasteiger partial charge in [0.1, 0.15) is 12.6 Å². The number of pyridine rings is 1. The summed E-state index contributed by atoms with van der Waals surface area (Å²) in [6.07, 6.45) is 3.29. The maximum Gasteiger partial charge on any atom is 0.327 e. The topological polar surface area (TPSA) is 75.4 Å². The number of esters is 1. The molecule has 0 saturated carbocycles. The van der Waals surface area contributed by atoms with Gasteiger partial charge >= 0.3 is 5.97 Å². The van der Waals surface area contributed by atoms with Gasteiger partial charge in [0, 0.05) is 6.20 Å². The Hall–Kier alpha value is -2.39. The SMILES string of the molecule is COC(=O)CN1OCC=C1c1ccc(C#N)cn1. The van der Waals surface area contributed by atoms with E-state index in [-0.39, 0.29) is 6.54 Å². The third-order valence-corrected chi connectivity index (χ3v) is 2.43. The smallest absolute Gasteiger partial charge is 0.327 e. The number of nitrogens with zero attached hydrogens (tertiary/aromatic N) is 3. The van der Waals surface area contributed by atoms with Crippen molar-refractivity contribution >= 4 is 11.7 Å². The lowest BCUT2D eigenvalue weighted by molar-refractivity contribution is -0.152. The highest BCUT2D eigenvalue weighted by molar-refractivity contribution is 5.74. The first kappa shape index (κ1) is 12.1. The summed E-state index contributed by atoms with van der Waals surface area (Å²) in [5.41, 5.74) is 1.83. The number of hydroxylamine groups is 2. The van der Waals surface area contributed by atoms with Gasteiger partial charge in [-0.15, -0.1) is 0 Å². The molecule has 0 fully saturated rings. The Kier molecular flexibility index (Phi) is 3.55. The lowest BCUT2D eigenvalue weighted by Gasteiger charge is -2.18. The van der Waals surface area contributed by atoms with E-state index in [2.05, 4.69) is 9.72 Å². The number of rotatable bonds is 3. The van der Waals surface area contributed by atoms with Crippen LogP contribution < -0.4 is 0 Å². The summed E-state index contributed by atoms with van der Waals surface area (Å²) in [7, 11) is 1.32. The fourth-order valence-electron chi connectivity index (χ4n) is 1.53. The second-order valence-electron chi connectivity index (χ2n) is 3.54. The minimum atomic E-state index is -0.392. The van der Waals surface area contributed by atoms with Gasteiger partial charge in [-0.25, -0.2) is 5.06 Å². The van der Waals surface area contributed by atoms with Gasteiger partial charge in [0.15, 0.2) is 0 Å². The molecule has 0 spiro atoms. The lowest BCUT2D eigenvalue weighted by atomic mass is 10.2. The van der Waals surface area contributed by atoms with Crippen LogP contribution in [0.2, 0.25) is 0 Å². The van der Waals surface area contributed by atoms with Crippen LogP contribution in [0.5, 0.6) is 0 Å². The third-order valence-electron chi connectivity index (χ3n) is 2.43. The van der Waals surface area contributed by atoms with E-state index in [4.69, 9.17) is 10.1 Å². The standard InChI is InChI=1S/C12H11N3O3/c1-17-12(16)8-15-11(4-5-18-15)10-3-2-9(6-13)7-14-10/h2-4,7H,5,8H2,1H3. The van der Waals surface area contributed by atoms with Gasteiger partial charge in [0.05, 0.1) is 30.7 Å². The molecule has 0 bridgehead atoms. The predicted octanol–water partition coefficient (Wildman–Crippen LogP) is 0.714. The zero-order chi connectivity index (χ0) is 13.0. The summed E-state index contributed by atoms with van der Waals surface area (Å²) in [6.45, 7) is 0.387. The second-order valence-corrected chi connectivity index (χ2v) is 3.54. The van der Waals surface area contributed by atoms with Crippen LogP contribution >= 0.6 is 0 Å². The largest absolute Gasteiger partial charge is 0.468 e. The van der Waals surface area contributed by atoms with Crippen molar-refractivity contribution in [1.82, 2.24) is 10.0 Å². The normalized spacial score (nSPS) is 14.0. The van der Waals surface area contributed by atoms with Crippen LogP contribution in [0.1, 0.15) is 11.3 Å². The van der Waals surface area contributed by atoms with E-state index in [0.29, 0.717) is 23.6 Å². The Morgan fingerprint density at radius 2 is 2.50 bits per heavy atom. The van der Waals surface area contributed by atoms with Crippen molar-refractivity contribution < 1.29 is 14.4 Å². The molecule has 0 aliphatic carbocycles. The first-order valence-corrected chi connectivity index (χ1v) is 5.28. The second kappa shape index (κ2) is 5.29. The number of hydrogen-bond donors (Lipinski definition) is 0. The van der Waals surface area contributed by atoms with Crippen molar-refractivity contribution in [3.63, 3.8) is 0 Å². The highest BCUT2D eigenvalue weighted by atomic mass is 16.7. The van der Waals surface area contributed by atoms with E-state index >= 15 is 0 Å². The summed E-state index contributed by atoms with van der Waals surface area (Å²) in [4.78, 5) is 20.6. The van der Waals surface area contributed by atoms with Gasteiger partial charge in [-0.3, -0.25) is 14.6 Å². The van der Waals surface area contributed by atoms with E-state index in [1.54, 1.807) is 12.1 Å². The first-order chi connectivity index (χ1) is 8.74. The summed E-state index contributed by atoms with van der Waals surface area (Å²) in [5.74, 6) is -0.392. The summed E-state index contributed by atoms with van der Waals surface area (Å²) < 4.78 is 4.58. The molecule has 0 saturated heterocycles. The van der Waals surface area contributed by atoms with Gasteiger partial charge in [-0.2, -0.15) is 5.26 Å². The summed E-state index contributed by atoms with van der Waals surface area (Å²) >= 11 is 0. The van der Waals surface area contributed by atoms with Crippen LogP contribution in [0.3, 0.4) is 0 Å². The van der Waals surface area contributed by atoms with Crippen LogP contribution in [0.15, 0.2) is 24.4 Å². The minimum absolute atomic E-state index is 0.00398. The van der Waals surface area contributed by atoms with Crippen molar-refractivity contribution in [2.24, 2.45) is 0 Å². The Balaban J connectivity index is 2.16. The quantitative estimate of drug-likeness (QED) is 0.730. The molecule has 6 heteroatoms. The van der Waals surface area contributed by atoms with E-state index in [1.165, 1.54) is 18.4 Å². The van der Waals surface area contributed by atoms with Crippen LogP contribution in [-0.2, 0) is 14.4 Å². The number of aromatic nitrogens is 1. The molecule has 2 rings (SSSR count).